The van der Waals surface area contributed by atoms with Crippen LogP contribution in [0.1, 0.15) is 19.3 Å². The van der Waals surface area contributed by atoms with Gasteiger partial charge >= 0.3 is 0 Å². The van der Waals surface area contributed by atoms with E-state index in [1.54, 1.807) is 18.2 Å². The first-order valence-corrected chi connectivity index (χ1v) is 10.3. The molecule has 0 aliphatic carbocycles. The van der Waals surface area contributed by atoms with Crippen LogP contribution < -0.4 is 0 Å². The topological polar surface area (TPSA) is 76.5 Å². The molecule has 0 unspecified atom stereocenters. The fraction of sp³-hybridized carbons (Fsp3) is 0.333. The van der Waals surface area contributed by atoms with Gasteiger partial charge in [0, 0.05) is 25.5 Å². The molecule has 1 fully saturated rings. The van der Waals surface area contributed by atoms with Crippen molar-refractivity contribution in [3.8, 4) is 0 Å². The molecule has 23 heavy (non-hydrogen) atoms. The van der Waals surface area contributed by atoms with E-state index in [2.05, 4.69) is 0 Å². The predicted molar refractivity (Wildman–Crippen MR) is 86.1 cm³/mol. The molecule has 1 aromatic carbocycles. The number of rotatable bonds is 4. The second kappa shape index (κ2) is 6.10. The van der Waals surface area contributed by atoms with Crippen LogP contribution in [-0.4, -0.2) is 38.2 Å². The van der Waals surface area contributed by atoms with E-state index in [4.69, 9.17) is 0 Å². The van der Waals surface area contributed by atoms with Crippen LogP contribution in [0.5, 0.6) is 0 Å². The first-order chi connectivity index (χ1) is 10.9. The lowest BCUT2D eigenvalue weighted by atomic mass is 10.2. The molecule has 0 amide bonds. The number of nitrogens with zero attached hydrogens (tertiary/aromatic N) is 2. The maximum absolute atomic E-state index is 12.6. The third-order valence-electron chi connectivity index (χ3n) is 3.91. The molecule has 2 aromatic rings. The first kappa shape index (κ1) is 16.2. The van der Waals surface area contributed by atoms with Gasteiger partial charge in [0.1, 0.15) is 4.90 Å². The van der Waals surface area contributed by atoms with E-state index < -0.39 is 20.0 Å². The molecule has 2 heterocycles. The van der Waals surface area contributed by atoms with Gasteiger partial charge in [-0.3, -0.25) is 0 Å². The van der Waals surface area contributed by atoms with Gasteiger partial charge in [-0.2, -0.15) is 4.31 Å². The summed E-state index contributed by atoms with van der Waals surface area (Å²) in [6.45, 7) is 0.970. The Morgan fingerprint density at radius 1 is 0.739 bits per heavy atom. The third-order valence-corrected chi connectivity index (χ3v) is 7.44. The van der Waals surface area contributed by atoms with Crippen molar-refractivity contribution in [2.45, 2.75) is 29.1 Å². The van der Waals surface area contributed by atoms with Crippen LogP contribution in [-0.2, 0) is 20.0 Å². The van der Waals surface area contributed by atoms with E-state index in [0.717, 1.165) is 23.2 Å². The minimum Gasteiger partial charge on any atom is -0.248 e. The van der Waals surface area contributed by atoms with Crippen molar-refractivity contribution < 1.29 is 16.8 Å². The van der Waals surface area contributed by atoms with E-state index >= 15 is 0 Å². The zero-order valence-electron chi connectivity index (χ0n) is 12.5. The Hall–Kier alpha value is -1.64. The fourth-order valence-electron chi connectivity index (χ4n) is 2.63. The zero-order valence-corrected chi connectivity index (χ0v) is 14.1. The number of sulfonamides is 1. The third kappa shape index (κ3) is 3.06. The highest BCUT2D eigenvalue weighted by molar-refractivity contribution is 7.90. The molecule has 0 saturated carbocycles. The number of hydrogen-bond donors (Lipinski definition) is 0. The molecule has 1 aliphatic heterocycles. The second-order valence-corrected chi connectivity index (χ2v) is 9.24. The second-order valence-electron chi connectivity index (χ2n) is 5.46. The molecule has 0 bridgehead atoms. The van der Waals surface area contributed by atoms with Crippen LogP contribution >= 0.6 is 0 Å². The van der Waals surface area contributed by atoms with Gasteiger partial charge in [0.05, 0.1) is 4.90 Å². The summed E-state index contributed by atoms with van der Waals surface area (Å²) in [7, 11) is -7.41. The maximum Gasteiger partial charge on any atom is 0.267 e. The van der Waals surface area contributed by atoms with Crippen LogP contribution in [0, 0.1) is 0 Å². The van der Waals surface area contributed by atoms with Crippen molar-refractivity contribution in [1.82, 2.24) is 8.28 Å². The summed E-state index contributed by atoms with van der Waals surface area (Å²) in [5, 5.41) is 0. The van der Waals surface area contributed by atoms with Crippen LogP contribution in [0.25, 0.3) is 0 Å². The molecule has 6 nitrogen and oxygen atoms in total. The Labute approximate surface area is 136 Å². The molecule has 8 heteroatoms. The molecule has 3 rings (SSSR count). The van der Waals surface area contributed by atoms with Gasteiger partial charge in [-0.15, -0.1) is 0 Å². The standard InChI is InChI=1S/C15H18N2O4S2/c18-22(19,14-7-3-1-4-8-14)17-12-9-15(13-17)23(20,21)16-10-5-2-6-11-16/h1,3-4,7-9,12-13H,2,5-6,10-11H2. The maximum atomic E-state index is 12.6. The largest absolute Gasteiger partial charge is 0.267 e. The highest BCUT2D eigenvalue weighted by atomic mass is 32.2. The summed E-state index contributed by atoms with van der Waals surface area (Å²) in [6, 6.07) is 9.27. The van der Waals surface area contributed by atoms with Crippen molar-refractivity contribution in [2.75, 3.05) is 13.1 Å². The Bertz CT molecular complexity index is 881. The summed E-state index contributed by atoms with van der Waals surface area (Å²) in [6.07, 6.45) is 5.14. The van der Waals surface area contributed by atoms with Gasteiger partial charge in [-0.05, 0) is 31.0 Å². The van der Waals surface area contributed by atoms with Gasteiger partial charge in [0.2, 0.25) is 10.0 Å². The summed E-state index contributed by atoms with van der Waals surface area (Å²) >= 11 is 0. The number of piperidine rings is 1. The van der Waals surface area contributed by atoms with E-state index in [0.29, 0.717) is 13.1 Å². The lowest BCUT2D eigenvalue weighted by Crippen LogP contribution is -2.35. The molecular weight excluding hydrogens is 336 g/mol. The Morgan fingerprint density at radius 3 is 2.04 bits per heavy atom. The Balaban J connectivity index is 1.94. The number of aromatic nitrogens is 1. The summed E-state index contributed by atoms with van der Waals surface area (Å²) < 4.78 is 52.6. The van der Waals surface area contributed by atoms with Gasteiger partial charge in [-0.25, -0.2) is 20.8 Å². The van der Waals surface area contributed by atoms with Crippen LogP contribution in [0.2, 0.25) is 0 Å². The van der Waals surface area contributed by atoms with Gasteiger partial charge in [0.25, 0.3) is 10.0 Å². The molecule has 0 radical (unpaired) electrons. The van der Waals surface area contributed by atoms with Crippen molar-refractivity contribution in [3.05, 3.63) is 48.8 Å². The minimum absolute atomic E-state index is 0.0129. The highest BCUT2D eigenvalue weighted by Crippen LogP contribution is 2.22. The summed E-state index contributed by atoms with van der Waals surface area (Å²) in [5.74, 6) is 0. The molecule has 0 N–H and O–H groups in total. The summed E-state index contributed by atoms with van der Waals surface area (Å²) in [4.78, 5) is 0.136. The lowest BCUT2D eigenvalue weighted by Gasteiger charge is -2.25. The van der Waals surface area contributed by atoms with Gasteiger partial charge < -0.3 is 0 Å². The van der Waals surface area contributed by atoms with Crippen molar-refractivity contribution in [2.24, 2.45) is 0 Å². The fourth-order valence-corrected chi connectivity index (χ4v) is 5.43. The Morgan fingerprint density at radius 2 is 1.39 bits per heavy atom. The van der Waals surface area contributed by atoms with E-state index in [1.807, 2.05) is 0 Å². The van der Waals surface area contributed by atoms with Crippen molar-refractivity contribution in [3.63, 3.8) is 0 Å². The van der Waals surface area contributed by atoms with Gasteiger partial charge in [0.15, 0.2) is 0 Å². The van der Waals surface area contributed by atoms with E-state index in [9.17, 15) is 16.8 Å². The van der Waals surface area contributed by atoms with Crippen molar-refractivity contribution in [1.29, 1.82) is 0 Å². The number of benzene rings is 1. The van der Waals surface area contributed by atoms with Crippen LogP contribution in [0.4, 0.5) is 0 Å². The molecule has 1 aromatic heterocycles. The minimum atomic E-state index is -3.78. The average molecular weight is 354 g/mol. The zero-order chi connectivity index (χ0) is 16.5. The molecule has 1 saturated heterocycles. The van der Waals surface area contributed by atoms with Crippen molar-refractivity contribution >= 4 is 20.0 Å². The smallest absolute Gasteiger partial charge is 0.248 e. The predicted octanol–water partition coefficient (Wildman–Crippen LogP) is 1.90. The quantitative estimate of drug-likeness (QED) is 0.840. The molecule has 0 atom stereocenters. The van der Waals surface area contributed by atoms with Gasteiger partial charge in [-0.1, -0.05) is 24.6 Å². The normalized spacial score (nSPS) is 17.2. The lowest BCUT2D eigenvalue weighted by molar-refractivity contribution is 0.346. The molecule has 1 aliphatic rings. The average Bonchev–Trinajstić information content (AvgIpc) is 3.08. The molecular formula is C15H18N2O4S2. The van der Waals surface area contributed by atoms with E-state index in [1.165, 1.54) is 34.9 Å². The molecule has 124 valence electrons. The SMILES string of the molecule is O=S(=O)(c1ccn(S(=O)(=O)c2ccccc2)c1)N1CCCCC1. The van der Waals surface area contributed by atoms with E-state index in [-0.39, 0.29) is 9.79 Å². The molecule has 0 spiro atoms. The number of hydrogen-bond acceptors (Lipinski definition) is 4. The van der Waals surface area contributed by atoms with Crippen LogP contribution in [0.3, 0.4) is 0 Å². The first-order valence-electron chi connectivity index (χ1n) is 7.41. The van der Waals surface area contributed by atoms with Crippen LogP contribution in [0.15, 0.2) is 58.6 Å². The monoisotopic (exact) mass is 354 g/mol. The highest BCUT2D eigenvalue weighted by Gasteiger charge is 2.28. The summed E-state index contributed by atoms with van der Waals surface area (Å²) in [5.41, 5.74) is 0. The Kier molecular flexibility index (Phi) is 4.31.